The normalized spacial score (nSPS) is 9.73. The summed E-state index contributed by atoms with van der Waals surface area (Å²) in [4.78, 5) is 13.9. The molecule has 0 saturated heterocycles. The molecule has 3 heteroatoms. The fraction of sp³-hybridized carbons (Fsp3) is 0.375. The molecule has 1 N–H and O–H groups in total. The summed E-state index contributed by atoms with van der Waals surface area (Å²) < 4.78 is 4.56. The predicted octanol–water partition coefficient (Wildman–Crippen LogP) is 1.42. The Morgan fingerprint density at radius 1 is 1.55 bits per heavy atom. The van der Waals surface area contributed by atoms with Gasteiger partial charge in [0.05, 0.1) is 7.11 Å². The standard InChI is InChI=1S/C8H11NO2/c1-5-4-6(2)9-7(5)8(10)11-3/h4,9H,1-3H3. The monoisotopic (exact) mass is 153 g/mol. The van der Waals surface area contributed by atoms with E-state index in [2.05, 4.69) is 9.72 Å². The van der Waals surface area contributed by atoms with Crippen molar-refractivity contribution in [1.82, 2.24) is 4.98 Å². The minimum atomic E-state index is -0.310. The van der Waals surface area contributed by atoms with Gasteiger partial charge in [0.25, 0.3) is 0 Å². The minimum absolute atomic E-state index is 0.310. The molecule has 0 unspecified atom stereocenters. The lowest BCUT2D eigenvalue weighted by Crippen LogP contribution is -2.03. The summed E-state index contributed by atoms with van der Waals surface area (Å²) in [5.41, 5.74) is 2.45. The van der Waals surface area contributed by atoms with Crippen molar-refractivity contribution in [3.8, 4) is 0 Å². The summed E-state index contributed by atoms with van der Waals surface area (Å²) in [6.45, 7) is 3.77. The average Bonchev–Trinajstić information content (AvgIpc) is 2.28. The first-order chi connectivity index (χ1) is 5.15. The zero-order valence-electron chi connectivity index (χ0n) is 6.89. The molecule has 3 nitrogen and oxygen atoms in total. The number of aromatic amines is 1. The quantitative estimate of drug-likeness (QED) is 0.620. The second-order valence-corrected chi connectivity index (χ2v) is 2.50. The van der Waals surface area contributed by atoms with E-state index in [1.54, 1.807) is 0 Å². The van der Waals surface area contributed by atoms with Crippen LogP contribution in [0.2, 0.25) is 0 Å². The minimum Gasteiger partial charge on any atom is -0.464 e. The van der Waals surface area contributed by atoms with Crippen LogP contribution in [0.3, 0.4) is 0 Å². The molecule has 0 fully saturated rings. The van der Waals surface area contributed by atoms with Crippen molar-refractivity contribution in [1.29, 1.82) is 0 Å². The highest BCUT2D eigenvalue weighted by Gasteiger charge is 2.10. The molecule has 0 radical (unpaired) electrons. The molecule has 0 spiro atoms. The highest BCUT2D eigenvalue weighted by atomic mass is 16.5. The van der Waals surface area contributed by atoms with Crippen LogP contribution in [0.1, 0.15) is 21.7 Å². The number of H-pyrrole nitrogens is 1. The van der Waals surface area contributed by atoms with E-state index < -0.39 is 0 Å². The Morgan fingerprint density at radius 3 is 2.55 bits per heavy atom. The summed E-state index contributed by atoms with van der Waals surface area (Å²) >= 11 is 0. The van der Waals surface area contributed by atoms with Crippen LogP contribution >= 0.6 is 0 Å². The molecule has 0 aliphatic carbocycles. The first-order valence-corrected chi connectivity index (χ1v) is 3.39. The maximum atomic E-state index is 11.0. The topological polar surface area (TPSA) is 42.1 Å². The van der Waals surface area contributed by atoms with Gasteiger partial charge in [-0.25, -0.2) is 4.79 Å². The van der Waals surface area contributed by atoms with Gasteiger partial charge in [-0.15, -0.1) is 0 Å². The molecule has 0 atom stereocenters. The first kappa shape index (κ1) is 7.85. The van der Waals surface area contributed by atoms with Gasteiger partial charge < -0.3 is 9.72 Å². The average molecular weight is 153 g/mol. The van der Waals surface area contributed by atoms with Gasteiger partial charge in [-0.2, -0.15) is 0 Å². The van der Waals surface area contributed by atoms with Crippen molar-refractivity contribution in [3.63, 3.8) is 0 Å². The predicted molar refractivity (Wildman–Crippen MR) is 41.6 cm³/mol. The van der Waals surface area contributed by atoms with Gasteiger partial charge in [-0.3, -0.25) is 0 Å². The third-order valence-corrected chi connectivity index (χ3v) is 1.54. The lowest BCUT2D eigenvalue weighted by atomic mass is 10.3. The molecule has 0 aliphatic heterocycles. The van der Waals surface area contributed by atoms with Crippen molar-refractivity contribution in [3.05, 3.63) is 23.0 Å². The summed E-state index contributed by atoms with van der Waals surface area (Å²) in [6, 6.07) is 1.91. The molecule has 0 aromatic carbocycles. The number of carbonyl (C=O) groups is 1. The Morgan fingerprint density at radius 2 is 2.18 bits per heavy atom. The van der Waals surface area contributed by atoms with Crippen LogP contribution < -0.4 is 0 Å². The maximum absolute atomic E-state index is 11.0. The molecular formula is C8H11NO2. The zero-order valence-corrected chi connectivity index (χ0v) is 6.89. The van der Waals surface area contributed by atoms with E-state index in [1.165, 1.54) is 7.11 Å². The van der Waals surface area contributed by atoms with Crippen molar-refractivity contribution in [2.45, 2.75) is 13.8 Å². The van der Waals surface area contributed by atoms with E-state index >= 15 is 0 Å². The summed E-state index contributed by atoms with van der Waals surface area (Å²) in [6.07, 6.45) is 0. The van der Waals surface area contributed by atoms with Gasteiger partial charge in [-0.1, -0.05) is 0 Å². The summed E-state index contributed by atoms with van der Waals surface area (Å²) in [5, 5.41) is 0. The Bertz CT molecular complexity index is 276. The lowest BCUT2D eigenvalue weighted by molar-refractivity contribution is 0.0594. The Balaban J connectivity index is 3.03. The number of hydrogen-bond acceptors (Lipinski definition) is 2. The molecular weight excluding hydrogens is 142 g/mol. The highest BCUT2D eigenvalue weighted by molar-refractivity contribution is 5.89. The maximum Gasteiger partial charge on any atom is 0.354 e. The highest BCUT2D eigenvalue weighted by Crippen LogP contribution is 2.09. The van der Waals surface area contributed by atoms with E-state index in [1.807, 2.05) is 19.9 Å². The van der Waals surface area contributed by atoms with Crippen molar-refractivity contribution < 1.29 is 9.53 Å². The molecule has 0 bridgehead atoms. The Hall–Kier alpha value is -1.25. The van der Waals surface area contributed by atoms with Crippen LogP contribution in [-0.4, -0.2) is 18.1 Å². The first-order valence-electron chi connectivity index (χ1n) is 3.39. The number of esters is 1. The van der Waals surface area contributed by atoms with Gasteiger partial charge in [0.1, 0.15) is 5.69 Å². The largest absolute Gasteiger partial charge is 0.464 e. The molecule has 11 heavy (non-hydrogen) atoms. The van der Waals surface area contributed by atoms with Crippen molar-refractivity contribution in [2.24, 2.45) is 0 Å². The second-order valence-electron chi connectivity index (χ2n) is 2.50. The van der Waals surface area contributed by atoms with Crippen LogP contribution in [0.15, 0.2) is 6.07 Å². The third kappa shape index (κ3) is 1.42. The molecule has 1 rings (SSSR count). The van der Waals surface area contributed by atoms with Crippen molar-refractivity contribution in [2.75, 3.05) is 7.11 Å². The zero-order chi connectivity index (χ0) is 8.43. The van der Waals surface area contributed by atoms with Crippen LogP contribution in [-0.2, 0) is 4.74 Å². The van der Waals surface area contributed by atoms with Gasteiger partial charge in [0.2, 0.25) is 0 Å². The molecule has 1 heterocycles. The molecule has 0 aliphatic rings. The van der Waals surface area contributed by atoms with Crippen LogP contribution in [0.25, 0.3) is 0 Å². The van der Waals surface area contributed by atoms with E-state index in [0.29, 0.717) is 5.69 Å². The fourth-order valence-corrected chi connectivity index (χ4v) is 1.04. The second kappa shape index (κ2) is 2.78. The van der Waals surface area contributed by atoms with Gasteiger partial charge in [0, 0.05) is 5.69 Å². The van der Waals surface area contributed by atoms with E-state index in [9.17, 15) is 4.79 Å². The number of hydrogen-bond donors (Lipinski definition) is 1. The van der Waals surface area contributed by atoms with Gasteiger partial charge in [0.15, 0.2) is 0 Å². The van der Waals surface area contributed by atoms with Crippen LogP contribution in [0, 0.1) is 13.8 Å². The summed E-state index contributed by atoms with van der Waals surface area (Å²) in [5.74, 6) is -0.310. The number of rotatable bonds is 1. The number of aromatic nitrogens is 1. The van der Waals surface area contributed by atoms with E-state index in [4.69, 9.17) is 0 Å². The summed E-state index contributed by atoms with van der Waals surface area (Å²) in [7, 11) is 1.37. The van der Waals surface area contributed by atoms with Crippen LogP contribution in [0.4, 0.5) is 0 Å². The lowest BCUT2D eigenvalue weighted by Gasteiger charge is -1.95. The van der Waals surface area contributed by atoms with Gasteiger partial charge in [-0.05, 0) is 25.5 Å². The molecule has 60 valence electrons. The number of aryl methyl sites for hydroxylation is 2. The SMILES string of the molecule is COC(=O)c1[nH]c(C)cc1C. The van der Waals surface area contributed by atoms with Gasteiger partial charge >= 0.3 is 5.97 Å². The Kier molecular flexibility index (Phi) is 1.98. The molecule has 0 saturated carbocycles. The third-order valence-electron chi connectivity index (χ3n) is 1.54. The van der Waals surface area contributed by atoms with Crippen LogP contribution in [0.5, 0.6) is 0 Å². The van der Waals surface area contributed by atoms with E-state index in [0.717, 1.165) is 11.3 Å². The Labute approximate surface area is 65.4 Å². The molecule has 0 amide bonds. The van der Waals surface area contributed by atoms with Crippen molar-refractivity contribution >= 4 is 5.97 Å². The number of nitrogens with one attached hydrogen (secondary N) is 1. The van der Waals surface area contributed by atoms with E-state index in [-0.39, 0.29) is 5.97 Å². The number of ether oxygens (including phenoxy) is 1. The fourth-order valence-electron chi connectivity index (χ4n) is 1.04. The number of carbonyl (C=O) groups excluding carboxylic acids is 1. The molecule has 1 aromatic heterocycles. The molecule has 1 aromatic rings. The number of methoxy groups -OCH3 is 1. The smallest absolute Gasteiger partial charge is 0.354 e.